The minimum Gasteiger partial charge on any atom is -0.316 e. The minimum atomic E-state index is -0.736. The first kappa shape index (κ1) is 13.7. The zero-order valence-electron chi connectivity index (χ0n) is 12.3. The summed E-state index contributed by atoms with van der Waals surface area (Å²) in [5, 5.41) is 2.76. The number of carbonyl (C=O) groups is 2. The molecule has 2 aliphatic rings. The Morgan fingerprint density at radius 1 is 1.00 bits per heavy atom. The smallest absolute Gasteiger partial charge is 0.316 e. The van der Waals surface area contributed by atoms with Crippen molar-refractivity contribution in [1.29, 1.82) is 0 Å². The fourth-order valence-corrected chi connectivity index (χ4v) is 3.27. The van der Waals surface area contributed by atoms with Crippen molar-refractivity contribution in [3.8, 4) is 0 Å². The third-order valence-electron chi connectivity index (χ3n) is 4.37. The Kier molecular flexibility index (Phi) is 2.84. The number of hydrogen-bond acceptors (Lipinski definition) is 2. The molecule has 5 heteroatoms. The van der Waals surface area contributed by atoms with Crippen LogP contribution in [-0.2, 0) is 0 Å². The quantitative estimate of drug-likeness (QED) is 0.880. The SMILES string of the molecule is CN1C(=O)NC2=C(C(=O)c3ccccc32)C1c1ccccc1F. The van der Waals surface area contributed by atoms with Gasteiger partial charge in [-0.2, -0.15) is 0 Å². The molecule has 0 saturated carbocycles. The van der Waals surface area contributed by atoms with E-state index in [1.165, 1.54) is 11.0 Å². The number of nitrogens with zero attached hydrogens (tertiary/aromatic N) is 1. The number of Topliss-reactive ketones (excluding diaryl/α,β-unsaturated/α-hetero) is 1. The average Bonchev–Trinajstić information content (AvgIpc) is 2.83. The molecule has 2 amide bonds. The van der Waals surface area contributed by atoms with Gasteiger partial charge in [-0.1, -0.05) is 42.5 Å². The molecule has 1 atom stereocenters. The molecule has 1 aliphatic carbocycles. The summed E-state index contributed by atoms with van der Waals surface area (Å²) in [7, 11) is 1.56. The number of carbonyl (C=O) groups excluding carboxylic acids is 2. The fourth-order valence-electron chi connectivity index (χ4n) is 3.27. The van der Waals surface area contributed by atoms with Crippen LogP contribution < -0.4 is 5.32 Å². The number of ketones is 1. The summed E-state index contributed by atoms with van der Waals surface area (Å²) in [6.07, 6.45) is 0. The largest absolute Gasteiger partial charge is 0.322 e. The number of amides is 2. The number of fused-ring (bicyclic) bond motifs is 2. The lowest BCUT2D eigenvalue weighted by molar-refractivity contribution is 0.101. The number of benzene rings is 2. The third-order valence-corrected chi connectivity index (χ3v) is 4.37. The maximum absolute atomic E-state index is 14.3. The normalized spacial score (nSPS) is 19.6. The second-order valence-electron chi connectivity index (χ2n) is 5.63. The highest BCUT2D eigenvalue weighted by Crippen LogP contribution is 2.43. The highest BCUT2D eigenvalue weighted by atomic mass is 19.1. The molecule has 23 heavy (non-hydrogen) atoms. The van der Waals surface area contributed by atoms with Crippen molar-refractivity contribution >= 4 is 17.5 Å². The van der Waals surface area contributed by atoms with E-state index >= 15 is 0 Å². The monoisotopic (exact) mass is 308 g/mol. The molecule has 0 bridgehead atoms. The lowest BCUT2D eigenvalue weighted by Gasteiger charge is -2.34. The van der Waals surface area contributed by atoms with E-state index in [9.17, 15) is 14.0 Å². The molecule has 4 nitrogen and oxygen atoms in total. The molecule has 0 saturated heterocycles. The summed E-state index contributed by atoms with van der Waals surface area (Å²) in [4.78, 5) is 26.5. The highest BCUT2D eigenvalue weighted by molar-refractivity contribution is 6.23. The fraction of sp³-hybridized carbons (Fsp3) is 0.111. The molecule has 4 rings (SSSR count). The zero-order chi connectivity index (χ0) is 16.1. The minimum absolute atomic E-state index is 0.171. The number of rotatable bonds is 1. The van der Waals surface area contributed by atoms with Crippen LogP contribution in [0.25, 0.3) is 5.70 Å². The zero-order valence-corrected chi connectivity index (χ0v) is 12.3. The lowest BCUT2D eigenvalue weighted by atomic mass is 9.93. The van der Waals surface area contributed by atoms with Crippen LogP contribution in [0.5, 0.6) is 0 Å². The standard InChI is InChI=1S/C18H13FN2O2/c1-21-16(12-8-4-5-9-13(12)19)14-15(20-18(21)23)10-6-2-3-7-11(10)17(14)22/h2-9,16H,1H3,(H,20,23). The Morgan fingerprint density at radius 2 is 1.65 bits per heavy atom. The molecule has 1 aliphatic heterocycles. The van der Waals surface area contributed by atoms with Crippen molar-refractivity contribution in [2.75, 3.05) is 7.05 Å². The molecule has 114 valence electrons. The second-order valence-corrected chi connectivity index (χ2v) is 5.63. The van der Waals surface area contributed by atoms with E-state index in [4.69, 9.17) is 0 Å². The molecule has 0 fully saturated rings. The van der Waals surface area contributed by atoms with E-state index in [0.717, 1.165) is 0 Å². The lowest BCUT2D eigenvalue weighted by Crippen LogP contribution is -2.44. The first-order valence-corrected chi connectivity index (χ1v) is 7.26. The molecule has 0 spiro atoms. The van der Waals surface area contributed by atoms with Crippen LogP contribution in [-0.4, -0.2) is 23.8 Å². The number of halogens is 1. The average molecular weight is 308 g/mol. The van der Waals surface area contributed by atoms with Gasteiger partial charge in [-0.15, -0.1) is 0 Å². The highest BCUT2D eigenvalue weighted by Gasteiger charge is 2.43. The van der Waals surface area contributed by atoms with Crippen molar-refractivity contribution in [3.63, 3.8) is 0 Å². The van der Waals surface area contributed by atoms with Gasteiger partial charge in [0.25, 0.3) is 0 Å². The van der Waals surface area contributed by atoms with Crippen molar-refractivity contribution in [2.45, 2.75) is 6.04 Å². The van der Waals surface area contributed by atoms with Crippen LogP contribution in [0.15, 0.2) is 54.1 Å². The summed E-state index contributed by atoms with van der Waals surface area (Å²) < 4.78 is 14.3. The van der Waals surface area contributed by atoms with E-state index in [1.54, 1.807) is 43.4 Å². The van der Waals surface area contributed by atoms with E-state index in [2.05, 4.69) is 5.32 Å². The second kappa shape index (κ2) is 4.78. The van der Waals surface area contributed by atoms with Gasteiger partial charge in [0.2, 0.25) is 0 Å². The summed E-state index contributed by atoms with van der Waals surface area (Å²) in [6, 6.07) is 12.2. The van der Waals surface area contributed by atoms with Gasteiger partial charge in [0.1, 0.15) is 5.82 Å². The maximum Gasteiger partial charge on any atom is 0.322 e. The van der Waals surface area contributed by atoms with E-state index in [0.29, 0.717) is 28.0 Å². The number of likely N-dealkylation sites (N-methyl/N-ethyl adjacent to an activating group) is 1. The van der Waals surface area contributed by atoms with Crippen LogP contribution in [0, 0.1) is 5.82 Å². The van der Waals surface area contributed by atoms with Gasteiger partial charge in [0, 0.05) is 23.7 Å². The summed E-state index contributed by atoms with van der Waals surface area (Å²) in [5.41, 5.74) is 2.45. The first-order valence-electron chi connectivity index (χ1n) is 7.26. The van der Waals surface area contributed by atoms with Gasteiger partial charge in [-0.05, 0) is 6.07 Å². The van der Waals surface area contributed by atoms with Gasteiger partial charge in [0.05, 0.1) is 17.3 Å². The number of urea groups is 1. The predicted octanol–water partition coefficient (Wildman–Crippen LogP) is 3.13. The van der Waals surface area contributed by atoms with E-state index in [-0.39, 0.29) is 11.8 Å². The van der Waals surface area contributed by atoms with Gasteiger partial charge >= 0.3 is 6.03 Å². The van der Waals surface area contributed by atoms with Crippen molar-refractivity contribution in [1.82, 2.24) is 10.2 Å². The van der Waals surface area contributed by atoms with Gasteiger partial charge in [0.15, 0.2) is 5.78 Å². The van der Waals surface area contributed by atoms with Crippen molar-refractivity contribution in [3.05, 3.63) is 76.6 Å². The Bertz CT molecular complexity index is 888. The first-order chi connectivity index (χ1) is 11.1. The number of nitrogens with one attached hydrogen (secondary N) is 1. The van der Waals surface area contributed by atoms with Gasteiger partial charge in [-0.3, -0.25) is 4.79 Å². The topological polar surface area (TPSA) is 49.4 Å². The Balaban J connectivity index is 1.96. The van der Waals surface area contributed by atoms with E-state index in [1.807, 2.05) is 6.07 Å². The Morgan fingerprint density at radius 3 is 2.39 bits per heavy atom. The molecule has 1 heterocycles. The summed E-state index contributed by atoms with van der Waals surface area (Å²) >= 11 is 0. The molecular formula is C18H13FN2O2. The molecule has 2 aromatic rings. The summed E-state index contributed by atoms with van der Waals surface area (Å²) in [5.74, 6) is -0.606. The maximum atomic E-state index is 14.3. The van der Waals surface area contributed by atoms with Crippen LogP contribution in [0.4, 0.5) is 9.18 Å². The van der Waals surface area contributed by atoms with Crippen LogP contribution >= 0.6 is 0 Å². The van der Waals surface area contributed by atoms with Crippen LogP contribution in [0.2, 0.25) is 0 Å². The Hall–Kier alpha value is -2.95. The molecule has 0 aromatic heterocycles. The molecule has 1 unspecified atom stereocenters. The predicted molar refractivity (Wildman–Crippen MR) is 83.1 cm³/mol. The van der Waals surface area contributed by atoms with Crippen LogP contribution in [0.1, 0.15) is 27.5 Å². The summed E-state index contributed by atoms with van der Waals surface area (Å²) in [6.45, 7) is 0. The van der Waals surface area contributed by atoms with Crippen molar-refractivity contribution < 1.29 is 14.0 Å². The third kappa shape index (κ3) is 1.83. The molecule has 1 N–H and O–H groups in total. The van der Waals surface area contributed by atoms with Crippen LogP contribution in [0.3, 0.4) is 0 Å². The molecule has 0 radical (unpaired) electrons. The Labute approximate surface area is 132 Å². The van der Waals surface area contributed by atoms with Gasteiger partial charge in [-0.25, -0.2) is 9.18 Å². The molecular weight excluding hydrogens is 295 g/mol. The van der Waals surface area contributed by atoms with E-state index < -0.39 is 11.9 Å². The molecule has 2 aromatic carbocycles. The van der Waals surface area contributed by atoms with Gasteiger partial charge < -0.3 is 10.2 Å². The number of hydrogen-bond donors (Lipinski definition) is 1. The van der Waals surface area contributed by atoms with Crippen molar-refractivity contribution in [2.24, 2.45) is 0 Å².